The first kappa shape index (κ1) is 17.7. The molecule has 1 aromatic carbocycles. The Labute approximate surface area is 140 Å². The summed E-state index contributed by atoms with van der Waals surface area (Å²) in [4.78, 5) is 25.2. The summed E-state index contributed by atoms with van der Waals surface area (Å²) < 4.78 is 20.4. The van der Waals surface area contributed by atoms with E-state index >= 15 is 0 Å². The van der Waals surface area contributed by atoms with Gasteiger partial charge in [-0.1, -0.05) is 6.07 Å². The van der Waals surface area contributed by atoms with E-state index in [4.69, 9.17) is 4.74 Å². The molecule has 0 spiro atoms. The van der Waals surface area contributed by atoms with Crippen molar-refractivity contribution in [2.75, 3.05) is 20.7 Å². The molecule has 0 aliphatic rings. The molecule has 0 fully saturated rings. The van der Waals surface area contributed by atoms with Gasteiger partial charge in [0.15, 0.2) is 0 Å². The highest BCUT2D eigenvalue weighted by atomic mass is 19.1. The fraction of sp³-hybridized carbons (Fsp3) is 0.333. The summed E-state index contributed by atoms with van der Waals surface area (Å²) in [5.74, 6) is -0.934. The van der Waals surface area contributed by atoms with E-state index in [-0.39, 0.29) is 24.8 Å². The molecule has 2 aromatic rings. The maximum Gasteiger partial charge on any atom is 0.339 e. The summed E-state index contributed by atoms with van der Waals surface area (Å²) in [6.45, 7) is 3.64. The molecular formula is C18H21FN2O3. The van der Waals surface area contributed by atoms with Gasteiger partial charge in [0.05, 0.1) is 12.0 Å². The van der Waals surface area contributed by atoms with Crippen LogP contribution in [0.15, 0.2) is 30.3 Å². The van der Waals surface area contributed by atoms with Crippen molar-refractivity contribution in [2.24, 2.45) is 0 Å². The minimum Gasteiger partial charge on any atom is -0.462 e. The fourth-order valence-electron chi connectivity index (χ4n) is 2.51. The fourth-order valence-corrected chi connectivity index (χ4v) is 2.51. The minimum atomic E-state index is -0.489. The van der Waals surface area contributed by atoms with Crippen LogP contribution in [-0.4, -0.2) is 42.0 Å². The van der Waals surface area contributed by atoms with Crippen molar-refractivity contribution in [3.63, 3.8) is 0 Å². The van der Waals surface area contributed by atoms with Crippen LogP contribution >= 0.6 is 0 Å². The third-order valence-electron chi connectivity index (χ3n) is 3.77. The van der Waals surface area contributed by atoms with Gasteiger partial charge in [0, 0.05) is 31.2 Å². The molecule has 2 rings (SSSR count). The number of hydrogen-bond acceptors (Lipinski definition) is 3. The Morgan fingerprint density at radius 3 is 2.54 bits per heavy atom. The lowest BCUT2D eigenvalue weighted by molar-refractivity contribution is -0.129. The number of nitrogens with zero attached hydrogens (tertiary/aromatic N) is 2. The van der Waals surface area contributed by atoms with E-state index in [1.165, 1.54) is 17.0 Å². The molecule has 5 nitrogen and oxygen atoms in total. The second kappa shape index (κ2) is 7.29. The number of carbonyl (C=O) groups is 2. The number of aromatic nitrogens is 1. The predicted molar refractivity (Wildman–Crippen MR) is 88.8 cm³/mol. The van der Waals surface area contributed by atoms with E-state index in [2.05, 4.69) is 0 Å². The number of carbonyl (C=O) groups excluding carboxylic acids is 2. The Balaban J connectivity index is 2.16. The third-order valence-corrected chi connectivity index (χ3v) is 3.77. The van der Waals surface area contributed by atoms with Crippen LogP contribution in [0.5, 0.6) is 0 Å². The first-order valence-electron chi connectivity index (χ1n) is 7.63. The lowest BCUT2D eigenvalue weighted by Crippen LogP contribution is -2.23. The van der Waals surface area contributed by atoms with Crippen LogP contribution in [0, 0.1) is 19.7 Å². The summed E-state index contributed by atoms with van der Waals surface area (Å²) in [6, 6.07) is 7.87. The Morgan fingerprint density at radius 1 is 1.21 bits per heavy atom. The van der Waals surface area contributed by atoms with Gasteiger partial charge in [-0.2, -0.15) is 0 Å². The van der Waals surface area contributed by atoms with Crippen molar-refractivity contribution in [2.45, 2.75) is 20.3 Å². The van der Waals surface area contributed by atoms with E-state index in [0.717, 1.165) is 5.69 Å². The molecule has 0 unspecified atom stereocenters. The van der Waals surface area contributed by atoms with E-state index in [1.807, 2.05) is 6.92 Å². The number of rotatable bonds is 5. The molecule has 0 aliphatic heterocycles. The summed E-state index contributed by atoms with van der Waals surface area (Å²) >= 11 is 0. The lowest BCUT2D eigenvalue weighted by atomic mass is 10.2. The molecule has 0 atom stereocenters. The number of hydrogen-bond donors (Lipinski definition) is 0. The number of amides is 1. The molecule has 0 bridgehead atoms. The molecule has 6 heteroatoms. The van der Waals surface area contributed by atoms with Crippen LogP contribution in [0.4, 0.5) is 4.39 Å². The van der Waals surface area contributed by atoms with E-state index in [0.29, 0.717) is 16.9 Å². The number of halogens is 1. The average molecular weight is 332 g/mol. The van der Waals surface area contributed by atoms with Crippen LogP contribution in [0.2, 0.25) is 0 Å². The predicted octanol–water partition coefficient (Wildman–Crippen LogP) is 2.87. The first-order chi connectivity index (χ1) is 11.3. The summed E-state index contributed by atoms with van der Waals surface area (Å²) in [5, 5.41) is 0. The van der Waals surface area contributed by atoms with Crippen molar-refractivity contribution in [1.82, 2.24) is 9.47 Å². The quantitative estimate of drug-likeness (QED) is 0.791. The van der Waals surface area contributed by atoms with Crippen molar-refractivity contribution < 1.29 is 18.7 Å². The highest BCUT2D eigenvalue weighted by Crippen LogP contribution is 2.22. The molecule has 0 radical (unpaired) electrons. The normalized spacial score (nSPS) is 10.5. The highest BCUT2D eigenvalue weighted by Gasteiger charge is 2.18. The van der Waals surface area contributed by atoms with Gasteiger partial charge in [-0.05, 0) is 38.1 Å². The smallest absolute Gasteiger partial charge is 0.339 e. The zero-order chi connectivity index (χ0) is 17.9. The third kappa shape index (κ3) is 3.82. The SMILES string of the molecule is Cc1cc(C(=O)OCCC(=O)N(C)C)c(C)n1-c1cccc(F)c1. The standard InChI is InChI=1S/C18H21FN2O3/c1-12-10-16(18(23)24-9-8-17(22)20(3)4)13(2)21(12)15-7-5-6-14(19)11-15/h5-7,10-11H,8-9H2,1-4H3. The second-order valence-electron chi connectivity index (χ2n) is 5.77. The minimum absolute atomic E-state index is 0.0273. The second-order valence-corrected chi connectivity index (χ2v) is 5.77. The zero-order valence-corrected chi connectivity index (χ0v) is 14.3. The Kier molecular flexibility index (Phi) is 5.39. The van der Waals surface area contributed by atoms with E-state index < -0.39 is 5.97 Å². The largest absolute Gasteiger partial charge is 0.462 e. The van der Waals surface area contributed by atoms with E-state index in [1.54, 1.807) is 43.8 Å². The van der Waals surface area contributed by atoms with Crippen LogP contribution < -0.4 is 0 Å². The number of benzene rings is 1. The van der Waals surface area contributed by atoms with Gasteiger partial charge in [-0.15, -0.1) is 0 Å². The van der Waals surface area contributed by atoms with Gasteiger partial charge in [-0.25, -0.2) is 9.18 Å². The summed E-state index contributed by atoms with van der Waals surface area (Å²) in [5.41, 5.74) is 2.53. The molecule has 0 N–H and O–H groups in total. The molecule has 0 aliphatic carbocycles. The van der Waals surface area contributed by atoms with Crippen LogP contribution in [0.1, 0.15) is 28.2 Å². The monoisotopic (exact) mass is 332 g/mol. The van der Waals surface area contributed by atoms with Crippen molar-refractivity contribution >= 4 is 11.9 Å². The molecule has 0 saturated heterocycles. The summed E-state index contributed by atoms with van der Waals surface area (Å²) in [7, 11) is 3.30. The average Bonchev–Trinajstić information content (AvgIpc) is 2.81. The molecule has 24 heavy (non-hydrogen) atoms. The number of esters is 1. The van der Waals surface area contributed by atoms with Crippen molar-refractivity contribution in [3.05, 3.63) is 53.1 Å². The first-order valence-corrected chi connectivity index (χ1v) is 7.63. The van der Waals surface area contributed by atoms with Crippen molar-refractivity contribution in [3.8, 4) is 5.69 Å². The van der Waals surface area contributed by atoms with Crippen molar-refractivity contribution in [1.29, 1.82) is 0 Å². The molecule has 1 aromatic heterocycles. The van der Waals surface area contributed by atoms with Crippen LogP contribution in [0.3, 0.4) is 0 Å². The van der Waals surface area contributed by atoms with Gasteiger partial charge in [0.25, 0.3) is 0 Å². The molecule has 1 amide bonds. The van der Waals surface area contributed by atoms with Crippen LogP contribution in [0.25, 0.3) is 5.69 Å². The number of aryl methyl sites for hydroxylation is 1. The Morgan fingerprint density at radius 2 is 1.92 bits per heavy atom. The van der Waals surface area contributed by atoms with E-state index in [9.17, 15) is 14.0 Å². The van der Waals surface area contributed by atoms with Gasteiger partial charge in [-0.3, -0.25) is 4.79 Å². The van der Waals surface area contributed by atoms with Gasteiger partial charge in [0.2, 0.25) is 5.91 Å². The molecular weight excluding hydrogens is 311 g/mol. The maximum atomic E-state index is 13.4. The Bertz CT molecular complexity index is 766. The molecule has 0 saturated carbocycles. The molecule has 1 heterocycles. The Hall–Kier alpha value is -2.63. The maximum absolute atomic E-state index is 13.4. The zero-order valence-electron chi connectivity index (χ0n) is 14.3. The summed E-state index contributed by atoms with van der Waals surface area (Å²) in [6.07, 6.45) is 0.140. The lowest BCUT2D eigenvalue weighted by Gasteiger charge is -2.11. The van der Waals surface area contributed by atoms with Gasteiger partial charge in [0.1, 0.15) is 12.4 Å². The molecule has 128 valence electrons. The topological polar surface area (TPSA) is 51.5 Å². The van der Waals surface area contributed by atoms with Gasteiger partial charge < -0.3 is 14.2 Å². The highest BCUT2D eigenvalue weighted by molar-refractivity contribution is 5.91. The number of ether oxygens (including phenoxy) is 1. The van der Waals surface area contributed by atoms with Gasteiger partial charge >= 0.3 is 5.97 Å². The van der Waals surface area contributed by atoms with Crippen LogP contribution in [-0.2, 0) is 9.53 Å².